The molecule has 0 aliphatic heterocycles. The maximum atomic E-state index is 12.4. The summed E-state index contributed by atoms with van der Waals surface area (Å²) in [6.07, 6.45) is 0.0494. The Morgan fingerprint density at radius 3 is 1.36 bits per heavy atom. The topological polar surface area (TPSA) is 137 Å². The Morgan fingerprint density at radius 2 is 1.06 bits per heavy atom. The van der Waals surface area contributed by atoms with Crippen LogP contribution in [0.3, 0.4) is 0 Å². The first-order valence-electron chi connectivity index (χ1n) is 10.6. The van der Waals surface area contributed by atoms with Crippen LogP contribution < -0.4 is 0 Å². The van der Waals surface area contributed by atoms with Gasteiger partial charge in [-0.05, 0) is 49.9 Å². The first-order chi connectivity index (χ1) is 15.7. The fourth-order valence-corrected chi connectivity index (χ4v) is 3.60. The normalized spacial score (nSPS) is 10.6. The summed E-state index contributed by atoms with van der Waals surface area (Å²) in [5, 5.41) is 0. The van der Waals surface area contributed by atoms with Crippen LogP contribution in [0.5, 0.6) is 0 Å². The molecule has 0 atom stereocenters. The Balaban J connectivity index is 2.59. The van der Waals surface area contributed by atoms with Gasteiger partial charge in [0.05, 0.1) is 40.3 Å². The molecule has 2 N–H and O–H groups in total. The van der Waals surface area contributed by atoms with Crippen molar-refractivity contribution in [1.29, 1.82) is 0 Å². The van der Waals surface area contributed by atoms with E-state index in [9.17, 15) is 19.2 Å². The Labute approximate surface area is 191 Å². The van der Waals surface area contributed by atoms with E-state index in [4.69, 9.17) is 18.9 Å². The molecule has 0 aliphatic carbocycles. The number of ether oxygens (including phenoxy) is 4. The van der Waals surface area contributed by atoms with Crippen molar-refractivity contribution in [2.75, 3.05) is 27.4 Å². The van der Waals surface area contributed by atoms with Crippen molar-refractivity contribution in [3.05, 3.63) is 45.0 Å². The minimum absolute atomic E-state index is 0.0651. The molecular weight excluding hydrogens is 432 g/mol. The molecule has 0 unspecified atom stereocenters. The lowest BCUT2D eigenvalue weighted by atomic mass is 10.00. The third-order valence-electron chi connectivity index (χ3n) is 5.35. The number of carbonyl (C=O) groups excluding carboxylic acids is 4. The van der Waals surface area contributed by atoms with E-state index >= 15 is 0 Å². The Morgan fingerprint density at radius 1 is 0.697 bits per heavy atom. The van der Waals surface area contributed by atoms with E-state index < -0.39 is 23.9 Å². The smallest absolute Gasteiger partial charge is 0.355 e. The van der Waals surface area contributed by atoms with Crippen molar-refractivity contribution in [1.82, 2.24) is 9.97 Å². The van der Waals surface area contributed by atoms with Crippen molar-refractivity contribution in [3.8, 4) is 0 Å². The number of hydrogen-bond donors (Lipinski definition) is 2. The number of aromatic nitrogens is 2. The Bertz CT molecular complexity index is 965. The predicted molar refractivity (Wildman–Crippen MR) is 117 cm³/mol. The van der Waals surface area contributed by atoms with E-state index in [1.165, 1.54) is 14.2 Å². The SMILES string of the molecule is CCOC(=O)c1[nH]c(Cc2[nH]c(C(=O)OCC)c(C)c2CC(=O)OC)c(CC(=O)OC)c1C. The van der Waals surface area contributed by atoms with Crippen molar-refractivity contribution in [2.45, 2.75) is 47.0 Å². The van der Waals surface area contributed by atoms with Crippen LogP contribution in [-0.2, 0) is 47.8 Å². The molecule has 0 spiro atoms. The van der Waals surface area contributed by atoms with Crippen LogP contribution in [0.15, 0.2) is 0 Å². The van der Waals surface area contributed by atoms with E-state index in [1.807, 2.05) is 0 Å². The number of methoxy groups -OCH3 is 2. The highest BCUT2D eigenvalue weighted by Gasteiger charge is 2.26. The van der Waals surface area contributed by atoms with Gasteiger partial charge in [-0.2, -0.15) is 0 Å². The second kappa shape index (κ2) is 11.3. The van der Waals surface area contributed by atoms with Crippen molar-refractivity contribution in [2.24, 2.45) is 0 Å². The molecule has 2 aromatic rings. The lowest BCUT2D eigenvalue weighted by Crippen LogP contribution is -2.09. The molecule has 33 heavy (non-hydrogen) atoms. The van der Waals surface area contributed by atoms with Gasteiger partial charge in [-0.1, -0.05) is 0 Å². The second-order valence-corrected chi connectivity index (χ2v) is 7.29. The molecule has 2 rings (SSSR count). The number of rotatable bonds is 10. The molecule has 2 aromatic heterocycles. The van der Waals surface area contributed by atoms with Gasteiger partial charge in [0.2, 0.25) is 0 Å². The molecule has 0 amide bonds. The van der Waals surface area contributed by atoms with Crippen LogP contribution in [0.1, 0.15) is 68.5 Å². The predicted octanol–water partition coefficient (Wildman–Crippen LogP) is 2.33. The maximum absolute atomic E-state index is 12.4. The Kier molecular flexibility index (Phi) is 8.84. The van der Waals surface area contributed by atoms with Crippen LogP contribution in [0, 0.1) is 13.8 Å². The molecule has 0 saturated heterocycles. The molecule has 0 radical (unpaired) electrons. The Hall–Kier alpha value is -3.56. The molecule has 180 valence electrons. The summed E-state index contributed by atoms with van der Waals surface area (Å²) in [6, 6.07) is 0. The minimum atomic E-state index is -0.544. The van der Waals surface area contributed by atoms with Gasteiger partial charge < -0.3 is 28.9 Å². The molecule has 0 bridgehead atoms. The lowest BCUT2D eigenvalue weighted by molar-refractivity contribution is -0.140. The largest absolute Gasteiger partial charge is 0.469 e. The number of nitrogens with one attached hydrogen (secondary N) is 2. The third kappa shape index (κ3) is 5.82. The lowest BCUT2D eigenvalue weighted by Gasteiger charge is -2.07. The molecule has 0 saturated carbocycles. The minimum Gasteiger partial charge on any atom is -0.469 e. The van der Waals surface area contributed by atoms with Crippen molar-refractivity contribution < 1.29 is 38.1 Å². The van der Waals surface area contributed by atoms with Gasteiger partial charge in [0, 0.05) is 17.8 Å². The molecule has 0 fully saturated rings. The van der Waals surface area contributed by atoms with E-state index in [-0.39, 0.29) is 43.9 Å². The summed E-state index contributed by atoms with van der Waals surface area (Å²) in [6.45, 7) is 7.21. The summed E-state index contributed by atoms with van der Waals surface area (Å²) in [4.78, 5) is 55.0. The molecule has 10 nitrogen and oxygen atoms in total. The highest BCUT2D eigenvalue weighted by atomic mass is 16.5. The molecule has 0 aliphatic rings. The van der Waals surface area contributed by atoms with E-state index in [0.29, 0.717) is 33.6 Å². The van der Waals surface area contributed by atoms with Gasteiger partial charge in [-0.25, -0.2) is 9.59 Å². The first kappa shape index (κ1) is 25.7. The molecular formula is C23H30N2O8. The molecule has 0 aromatic carbocycles. The summed E-state index contributed by atoms with van der Waals surface area (Å²) >= 11 is 0. The van der Waals surface area contributed by atoms with Crippen LogP contribution >= 0.6 is 0 Å². The van der Waals surface area contributed by atoms with Crippen LogP contribution in [-0.4, -0.2) is 61.3 Å². The number of carbonyl (C=O) groups is 4. The fraction of sp³-hybridized carbons (Fsp3) is 0.478. The van der Waals surface area contributed by atoms with E-state index in [2.05, 4.69) is 9.97 Å². The number of hydrogen-bond acceptors (Lipinski definition) is 8. The maximum Gasteiger partial charge on any atom is 0.355 e. The molecule has 10 heteroatoms. The van der Waals surface area contributed by atoms with Gasteiger partial charge in [0.15, 0.2) is 0 Å². The number of H-pyrrole nitrogens is 2. The van der Waals surface area contributed by atoms with Crippen molar-refractivity contribution >= 4 is 23.9 Å². The zero-order chi connectivity index (χ0) is 24.7. The van der Waals surface area contributed by atoms with Gasteiger partial charge >= 0.3 is 23.9 Å². The van der Waals surface area contributed by atoms with Crippen molar-refractivity contribution in [3.63, 3.8) is 0 Å². The van der Waals surface area contributed by atoms with E-state index in [0.717, 1.165) is 0 Å². The monoisotopic (exact) mass is 462 g/mol. The van der Waals surface area contributed by atoms with Gasteiger partial charge in [-0.3, -0.25) is 9.59 Å². The summed E-state index contributed by atoms with van der Waals surface area (Å²) in [5.74, 6) is -2.04. The van der Waals surface area contributed by atoms with Gasteiger partial charge in [-0.15, -0.1) is 0 Å². The third-order valence-corrected chi connectivity index (χ3v) is 5.35. The quantitative estimate of drug-likeness (QED) is 0.405. The first-order valence-corrected chi connectivity index (χ1v) is 10.6. The van der Waals surface area contributed by atoms with E-state index in [1.54, 1.807) is 27.7 Å². The van der Waals surface area contributed by atoms with Gasteiger partial charge in [0.25, 0.3) is 0 Å². The fourth-order valence-electron chi connectivity index (χ4n) is 3.60. The molecule has 2 heterocycles. The summed E-state index contributed by atoms with van der Waals surface area (Å²) < 4.78 is 19.8. The summed E-state index contributed by atoms with van der Waals surface area (Å²) in [7, 11) is 2.56. The number of aromatic amines is 2. The average Bonchev–Trinajstić information content (AvgIpc) is 3.25. The van der Waals surface area contributed by atoms with Crippen LogP contribution in [0.2, 0.25) is 0 Å². The zero-order valence-electron chi connectivity index (χ0n) is 19.8. The highest BCUT2D eigenvalue weighted by Crippen LogP contribution is 2.27. The average molecular weight is 462 g/mol. The second-order valence-electron chi connectivity index (χ2n) is 7.29. The zero-order valence-corrected chi connectivity index (χ0v) is 19.8. The van der Waals surface area contributed by atoms with Crippen LogP contribution in [0.25, 0.3) is 0 Å². The highest BCUT2D eigenvalue weighted by molar-refractivity contribution is 5.91. The number of esters is 4. The standard InChI is InChI=1S/C23H30N2O8/c1-7-32-22(28)20-12(3)14(9-18(26)30-5)16(24-20)11-17-15(10-19(27)31-6)13(4)21(25-17)23(29)33-8-2/h24-25H,7-11H2,1-6H3. The van der Waals surface area contributed by atoms with Gasteiger partial charge in [0.1, 0.15) is 11.4 Å². The van der Waals surface area contributed by atoms with Crippen LogP contribution in [0.4, 0.5) is 0 Å². The summed E-state index contributed by atoms with van der Waals surface area (Å²) in [5.41, 5.74) is 3.88.